The summed E-state index contributed by atoms with van der Waals surface area (Å²) in [7, 11) is -1.79. The Hall–Kier alpha value is -1.77. The molecule has 19 heavy (non-hydrogen) atoms. The van der Waals surface area contributed by atoms with Gasteiger partial charge in [0.15, 0.2) is 0 Å². The van der Waals surface area contributed by atoms with Gasteiger partial charge in [-0.15, -0.1) is 0 Å². The number of nitrogens with one attached hydrogen (secondary N) is 1. The molecule has 0 aliphatic carbocycles. The highest BCUT2D eigenvalue weighted by molar-refractivity contribution is 7.89. The molecule has 3 N–H and O–H groups in total. The molecule has 2 rings (SSSR count). The van der Waals surface area contributed by atoms with Gasteiger partial charge in [0.2, 0.25) is 10.0 Å². The van der Waals surface area contributed by atoms with E-state index >= 15 is 0 Å². The third-order valence-electron chi connectivity index (χ3n) is 2.54. The van der Waals surface area contributed by atoms with E-state index in [-0.39, 0.29) is 18.0 Å². The molecule has 0 amide bonds. The molecular weight excluding hydrogens is 266 g/mol. The second-order valence-corrected chi connectivity index (χ2v) is 5.80. The molecule has 2 aromatic heterocycles. The monoisotopic (exact) mass is 281 g/mol. The van der Waals surface area contributed by atoms with E-state index in [1.54, 1.807) is 30.2 Å². The number of nitrogens with two attached hydrogens (primary N) is 1. The highest BCUT2D eigenvalue weighted by Crippen LogP contribution is 2.08. The predicted octanol–water partition coefficient (Wildman–Crippen LogP) is -0.248. The van der Waals surface area contributed by atoms with Gasteiger partial charge in [0.1, 0.15) is 4.90 Å². The molecule has 0 bridgehead atoms. The van der Waals surface area contributed by atoms with Gasteiger partial charge in [-0.2, -0.15) is 5.10 Å². The number of hydrogen-bond acceptors (Lipinski definition) is 5. The van der Waals surface area contributed by atoms with E-state index < -0.39 is 10.0 Å². The third-order valence-corrected chi connectivity index (χ3v) is 3.93. The Kier molecular flexibility index (Phi) is 3.93. The average molecular weight is 281 g/mol. The Labute approximate surface area is 111 Å². The second kappa shape index (κ2) is 5.47. The first-order valence-corrected chi connectivity index (χ1v) is 7.12. The second-order valence-electron chi connectivity index (χ2n) is 4.04. The summed E-state index contributed by atoms with van der Waals surface area (Å²) in [5.41, 5.74) is 6.84. The molecule has 0 aliphatic heterocycles. The van der Waals surface area contributed by atoms with Crippen LogP contribution in [-0.4, -0.2) is 23.2 Å². The summed E-state index contributed by atoms with van der Waals surface area (Å²) < 4.78 is 28.1. The van der Waals surface area contributed by atoms with Crippen molar-refractivity contribution in [2.75, 3.05) is 0 Å². The zero-order valence-electron chi connectivity index (χ0n) is 10.4. The van der Waals surface area contributed by atoms with Crippen LogP contribution in [-0.2, 0) is 30.2 Å². The minimum atomic E-state index is -3.56. The van der Waals surface area contributed by atoms with Crippen molar-refractivity contribution in [3.05, 3.63) is 42.0 Å². The van der Waals surface area contributed by atoms with Crippen molar-refractivity contribution in [3.63, 3.8) is 0 Å². The van der Waals surface area contributed by atoms with Crippen molar-refractivity contribution in [3.8, 4) is 0 Å². The van der Waals surface area contributed by atoms with E-state index in [2.05, 4.69) is 14.8 Å². The first-order valence-electron chi connectivity index (χ1n) is 5.63. The smallest absolute Gasteiger partial charge is 0.242 e. The molecular formula is C11H15N5O2S. The number of hydrogen-bond donors (Lipinski definition) is 2. The summed E-state index contributed by atoms with van der Waals surface area (Å²) >= 11 is 0. The highest BCUT2D eigenvalue weighted by Gasteiger charge is 2.14. The van der Waals surface area contributed by atoms with Crippen LogP contribution in [0.1, 0.15) is 11.3 Å². The van der Waals surface area contributed by atoms with Crippen molar-refractivity contribution in [1.82, 2.24) is 19.5 Å². The summed E-state index contributed by atoms with van der Waals surface area (Å²) in [6.45, 7) is 0.470. The van der Waals surface area contributed by atoms with Crippen LogP contribution in [0.4, 0.5) is 0 Å². The number of aromatic nitrogens is 3. The molecule has 0 aliphatic rings. The van der Waals surface area contributed by atoms with Crippen LogP contribution in [0.25, 0.3) is 0 Å². The zero-order valence-corrected chi connectivity index (χ0v) is 11.3. The fraction of sp³-hybridized carbons (Fsp3) is 0.273. The lowest BCUT2D eigenvalue weighted by Gasteiger charge is -2.05. The first-order chi connectivity index (χ1) is 9.01. The van der Waals surface area contributed by atoms with Crippen LogP contribution in [0.5, 0.6) is 0 Å². The van der Waals surface area contributed by atoms with Gasteiger partial charge in [-0.05, 0) is 12.1 Å². The largest absolute Gasteiger partial charge is 0.325 e. The number of sulfonamides is 1. The van der Waals surface area contributed by atoms with Gasteiger partial charge in [-0.25, -0.2) is 13.1 Å². The van der Waals surface area contributed by atoms with E-state index in [4.69, 9.17) is 5.73 Å². The standard InChI is InChI=1S/C11H15N5O2S/c1-16-8-9(5-14-16)6-15-19(17,18)11-3-2-10(4-12)13-7-11/h2-3,5,7-8,15H,4,6,12H2,1H3. The normalized spacial score (nSPS) is 11.7. The SMILES string of the molecule is Cn1cc(CNS(=O)(=O)c2ccc(CN)nc2)cn1. The summed E-state index contributed by atoms with van der Waals surface area (Å²) in [5, 5.41) is 3.97. The van der Waals surface area contributed by atoms with Crippen molar-refractivity contribution >= 4 is 10.0 Å². The molecule has 0 spiro atoms. The molecule has 0 saturated heterocycles. The lowest BCUT2D eigenvalue weighted by Crippen LogP contribution is -2.23. The average Bonchev–Trinajstić information content (AvgIpc) is 2.82. The van der Waals surface area contributed by atoms with Gasteiger partial charge in [-0.1, -0.05) is 0 Å². The van der Waals surface area contributed by atoms with E-state index in [0.717, 1.165) is 5.56 Å². The first kappa shape index (κ1) is 13.7. The summed E-state index contributed by atoms with van der Waals surface area (Å²) in [5.74, 6) is 0. The van der Waals surface area contributed by atoms with E-state index in [9.17, 15) is 8.42 Å². The van der Waals surface area contributed by atoms with Crippen LogP contribution in [0, 0.1) is 0 Å². The molecule has 0 unspecified atom stereocenters. The Morgan fingerprint density at radius 3 is 2.68 bits per heavy atom. The molecule has 2 heterocycles. The Bertz CT molecular complexity index is 648. The minimum absolute atomic E-state index is 0.119. The molecule has 0 atom stereocenters. The van der Waals surface area contributed by atoms with Crippen LogP contribution in [0.2, 0.25) is 0 Å². The van der Waals surface area contributed by atoms with Gasteiger partial charge >= 0.3 is 0 Å². The van der Waals surface area contributed by atoms with Gasteiger partial charge in [0.25, 0.3) is 0 Å². The molecule has 7 nitrogen and oxygen atoms in total. The molecule has 102 valence electrons. The molecule has 0 saturated carbocycles. The Morgan fingerprint density at radius 1 is 1.37 bits per heavy atom. The molecule has 2 aromatic rings. The highest BCUT2D eigenvalue weighted by atomic mass is 32.2. The fourth-order valence-electron chi connectivity index (χ4n) is 1.52. The zero-order chi connectivity index (χ0) is 13.9. The molecule has 0 radical (unpaired) electrons. The van der Waals surface area contributed by atoms with Gasteiger partial charge in [0.05, 0.1) is 11.9 Å². The van der Waals surface area contributed by atoms with Crippen molar-refractivity contribution in [2.45, 2.75) is 18.0 Å². The van der Waals surface area contributed by atoms with E-state index in [0.29, 0.717) is 5.69 Å². The summed E-state index contributed by atoms with van der Waals surface area (Å²) in [4.78, 5) is 4.08. The fourth-order valence-corrected chi connectivity index (χ4v) is 2.48. The minimum Gasteiger partial charge on any atom is -0.325 e. The number of rotatable bonds is 5. The maximum atomic E-state index is 12.0. The number of aryl methyl sites for hydroxylation is 1. The molecule has 0 aromatic carbocycles. The maximum Gasteiger partial charge on any atom is 0.242 e. The topological polar surface area (TPSA) is 103 Å². The summed E-state index contributed by atoms with van der Waals surface area (Å²) in [6.07, 6.45) is 4.66. The van der Waals surface area contributed by atoms with Gasteiger partial charge in [0, 0.05) is 38.1 Å². The van der Waals surface area contributed by atoms with Crippen LogP contribution < -0.4 is 10.5 Å². The number of nitrogens with zero attached hydrogens (tertiary/aromatic N) is 3. The lowest BCUT2D eigenvalue weighted by molar-refractivity contribution is 0.580. The van der Waals surface area contributed by atoms with Crippen molar-refractivity contribution in [1.29, 1.82) is 0 Å². The predicted molar refractivity (Wildman–Crippen MR) is 69.4 cm³/mol. The van der Waals surface area contributed by atoms with E-state index in [1.807, 2.05) is 0 Å². The van der Waals surface area contributed by atoms with Crippen molar-refractivity contribution < 1.29 is 8.42 Å². The molecule has 0 fully saturated rings. The Balaban J connectivity index is 2.09. The number of pyridine rings is 1. The van der Waals surface area contributed by atoms with Crippen LogP contribution in [0.3, 0.4) is 0 Å². The quantitative estimate of drug-likeness (QED) is 0.787. The lowest BCUT2D eigenvalue weighted by atomic mass is 10.4. The summed E-state index contributed by atoms with van der Waals surface area (Å²) in [6, 6.07) is 3.08. The van der Waals surface area contributed by atoms with Crippen LogP contribution in [0.15, 0.2) is 35.6 Å². The van der Waals surface area contributed by atoms with E-state index in [1.165, 1.54) is 12.3 Å². The molecule has 8 heteroatoms. The van der Waals surface area contributed by atoms with Crippen LogP contribution >= 0.6 is 0 Å². The van der Waals surface area contributed by atoms with Crippen molar-refractivity contribution in [2.24, 2.45) is 12.8 Å². The third kappa shape index (κ3) is 3.37. The van der Waals surface area contributed by atoms with Gasteiger partial charge in [-0.3, -0.25) is 9.67 Å². The van der Waals surface area contributed by atoms with Gasteiger partial charge < -0.3 is 5.73 Å². The Morgan fingerprint density at radius 2 is 2.16 bits per heavy atom. The maximum absolute atomic E-state index is 12.0.